The van der Waals surface area contributed by atoms with Gasteiger partial charge in [-0.25, -0.2) is 4.79 Å². The first-order chi connectivity index (χ1) is 17.5. The summed E-state index contributed by atoms with van der Waals surface area (Å²) in [5.74, 6) is -4.11. The zero-order chi connectivity index (χ0) is 27.3. The van der Waals surface area contributed by atoms with Crippen molar-refractivity contribution in [2.75, 3.05) is 6.61 Å². The molecule has 1 aromatic heterocycles. The van der Waals surface area contributed by atoms with E-state index in [9.17, 15) is 28.8 Å². The van der Waals surface area contributed by atoms with Crippen LogP contribution in [-0.4, -0.2) is 67.0 Å². The Labute approximate surface area is 209 Å². The highest BCUT2D eigenvalue weighted by atomic mass is 16.7. The number of esters is 4. The highest BCUT2D eigenvalue weighted by Gasteiger charge is 2.52. The van der Waals surface area contributed by atoms with Crippen LogP contribution in [0.2, 0.25) is 0 Å². The van der Waals surface area contributed by atoms with Gasteiger partial charge in [0, 0.05) is 33.1 Å². The lowest BCUT2D eigenvalue weighted by Gasteiger charge is -2.44. The van der Waals surface area contributed by atoms with Crippen LogP contribution >= 0.6 is 0 Å². The van der Waals surface area contributed by atoms with E-state index < -0.39 is 72.7 Å². The van der Waals surface area contributed by atoms with Crippen molar-refractivity contribution in [1.29, 1.82) is 0 Å². The van der Waals surface area contributed by atoms with Crippen molar-refractivity contribution in [1.82, 2.24) is 5.32 Å². The number of carbonyl (C=O) groups is 5. The van der Waals surface area contributed by atoms with Crippen LogP contribution in [0.15, 0.2) is 39.5 Å². The molecule has 1 N–H and O–H groups in total. The molecule has 1 aliphatic rings. The molecule has 5 atom stereocenters. The van der Waals surface area contributed by atoms with Gasteiger partial charge >= 0.3 is 29.5 Å². The monoisotopic (exact) mass is 519 g/mol. The third-order valence-electron chi connectivity index (χ3n) is 5.15. The third kappa shape index (κ3) is 6.91. The van der Waals surface area contributed by atoms with Crippen LogP contribution in [0.25, 0.3) is 11.0 Å². The number of hydrogen-bond acceptors (Lipinski definition) is 12. The van der Waals surface area contributed by atoms with Crippen LogP contribution in [0.1, 0.15) is 38.1 Å². The fourth-order valence-electron chi connectivity index (χ4n) is 3.77. The number of ether oxygens (including phenoxy) is 5. The first-order valence-electron chi connectivity index (χ1n) is 11.1. The Kier molecular flexibility index (Phi) is 8.60. The van der Waals surface area contributed by atoms with Gasteiger partial charge in [0.2, 0.25) is 0 Å². The molecule has 0 saturated carbocycles. The lowest BCUT2D eigenvalue weighted by atomic mass is 9.97. The molecule has 13 nitrogen and oxygen atoms in total. The van der Waals surface area contributed by atoms with E-state index in [1.54, 1.807) is 24.3 Å². The molecule has 2 aromatic rings. The van der Waals surface area contributed by atoms with Gasteiger partial charge in [0.05, 0.1) is 0 Å². The normalized spacial score (nSPS) is 23.0. The number of hydrogen-bond donors (Lipinski definition) is 1. The fourth-order valence-corrected chi connectivity index (χ4v) is 3.77. The molecule has 13 heteroatoms. The smallest absolute Gasteiger partial charge is 0.349 e. The minimum atomic E-state index is -1.53. The maximum Gasteiger partial charge on any atom is 0.349 e. The van der Waals surface area contributed by atoms with E-state index in [1.165, 1.54) is 6.07 Å². The van der Waals surface area contributed by atoms with Gasteiger partial charge in [-0.2, -0.15) is 0 Å². The zero-order valence-corrected chi connectivity index (χ0v) is 20.4. The van der Waals surface area contributed by atoms with Gasteiger partial charge in [-0.15, -0.1) is 0 Å². The van der Waals surface area contributed by atoms with Crippen molar-refractivity contribution in [3.8, 4) is 0 Å². The number of rotatable bonds is 7. The second-order valence-electron chi connectivity index (χ2n) is 8.08. The van der Waals surface area contributed by atoms with E-state index in [0.29, 0.717) is 5.39 Å². The maximum atomic E-state index is 13.1. The molecule has 198 valence electrons. The lowest BCUT2D eigenvalue weighted by molar-refractivity contribution is -0.255. The summed E-state index contributed by atoms with van der Waals surface area (Å²) in [6.07, 6.45) is -7.17. The van der Waals surface area contributed by atoms with Crippen molar-refractivity contribution < 1.29 is 52.1 Å². The molecule has 1 saturated heterocycles. The summed E-state index contributed by atoms with van der Waals surface area (Å²) in [6.45, 7) is 3.88. The molecule has 3 rings (SSSR count). The van der Waals surface area contributed by atoms with Crippen molar-refractivity contribution in [3.63, 3.8) is 0 Å². The molecular weight excluding hydrogens is 494 g/mol. The molecule has 0 aliphatic carbocycles. The van der Waals surface area contributed by atoms with Gasteiger partial charge in [0.15, 0.2) is 24.5 Å². The predicted molar refractivity (Wildman–Crippen MR) is 122 cm³/mol. The molecule has 1 amide bonds. The van der Waals surface area contributed by atoms with Crippen LogP contribution in [-0.2, 0) is 42.9 Å². The van der Waals surface area contributed by atoms with Crippen molar-refractivity contribution >= 4 is 40.8 Å². The molecule has 0 unspecified atom stereocenters. The minimum Gasteiger partial charge on any atom is -0.463 e. The molecule has 2 heterocycles. The van der Waals surface area contributed by atoms with E-state index in [0.717, 1.165) is 27.7 Å². The second-order valence-corrected chi connectivity index (χ2v) is 8.08. The number of nitrogens with one attached hydrogen (secondary N) is 1. The number of amides is 1. The van der Waals surface area contributed by atoms with Gasteiger partial charge in [-0.05, 0) is 12.1 Å². The average molecular weight is 519 g/mol. The number of para-hydroxylation sites is 1. The van der Waals surface area contributed by atoms with Gasteiger partial charge in [0.1, 0.15) is 23.9 Å². The van der Waals surface area contributed by atoms with E-state index in [-0.39, 0.29) is 11.1 Å². The van der Waals surface area contributed by atoms with E-state index in [1.807, 2.05) is 0 Å². The Morgan fingerprint density at radius 3 is 2.05 bits per heavy atom. The quantitative estimate of drug-likeness (QED) is 0.307. The Hall–Kier alpha value is -4.26. The van der Waals surface area contributed by atoms with Gasteiger partial charge < -0.3 is 33.4 Å². The summed E-state index contributed by atoms with van der Waals surface area (Å²) in [5.41, 5.74) is -1.07. The summed E-state index contributed by atoms with van der Waals surface area (Å²) in [5, 5.41) is 2.89. The van der Waals surface area contributed by atoms with Crippen LogP contribution in [0.4, 0.5) is 0 Å². The largest absolute Gasteiger partial charge is 0.463 e. The highest BCUT2D eigenvalue weighted by Crippen LogP contribution is 2.28. The molecular formula is C24H25NO12. The maximum absolute atomic E-state index is 13.1. The van der Waals surface area contributed by atoms with E-state index in [2.05, 4.69) is 5.32 Å². The number of fused-ring (bicyclic) bond motifs is 1. The Balaban J connectivity index is 2.00. The van der Waals surface area contributed by atoms with Crippen LogP contribution < -0.4 is 10.9 Å². The summed E-state index contributed by atoms with van der Waals surface area (Å²) in [7, 11) is 0. The van der Waals surface area contributed by atoms with E-state index in [4.69, 9.17) is 28.1 Å². The standard InChI is InChI=1S/C24H25NO12/c1-11(26)32-10-18-19(33-12(2)27)20(34-13(3)28)21(35-14(4)29)23(36-18)25-22(30)16-9-15-7-5-6-8-17(15)37-24(16)31/h5-9,18-21,23H,10H2,1-4H3,(H,25,30)/t18-,19-,20+,21-,23-/m1/s1. The average Bonchev–Trinajstić information content (AvgIpc) is 2.80. The predicted octanol–water partition coefficient (Wildman–Crippen LogP) is 0.606. The summed E-state index contributed by atoms with van der Waals surface area (Å²) >= 11 is 0. The Morgan fingerprint density at radius 2 is 1.43 bits per heavy atom. The lowest BCUT2D eigenvalue weighted by Crippen LogP contribution is -2.66. The molecule has 1 aliphatic heterocycles. The van der Waals surface area contributed by atoms with E-state index >= 15 is 0 Å². The Bertz CT molecular complexity index is 1270. The van der Waals surface area contributed by atoms with Gasteiger partial charge in [0.25, 0.3) is 5.91 Å². The Morgan fingerprint density at radius 1 is 0.838 bits per heavy atom. The van der Waals surface area contributed by atoms with Gasteiger partial charge in [-0.1, -0.05) is 18.2 Å². The first kappa shape index (κ1) is 27.3. The minimum absolute atomic E-state index is 0.261. The van der Waals surface area contributed by atoms with Crippen LogP contribution in [0.3, 0.4) is 0 Å². The fraction of sp³-hybridized carbons (Fsp3) is 0.417. The SMILES string of the molecule is CC(=O)OC[C@H]1O[C@@H](NC(=O)c2cc3ccccc3oc2=O)[C@H](OC(C)=O)[C@@H](OC(C)=O)[C@@H]1OC(C)=O. The molecule has 37 heavy (non-hydrogen) atoms. The highest BCUT2D eigenvalue weighted by molar-refractivity contribution is 5.96. The molecule has 1 aromatic carbocycles. The second kappa shape index (κ2) is 11.6. The van der Waals surface area contributed by atoms with Crippen molar-refractivity contribution in [2.24, 2.45) is 0 Å². The number of benzene rings is 1. The summed E-state index contributed by atoms with van der Waals surface area (Å²) in [6, 6.07) is 7.83. The molecule has 1 fully saturated rings. The van der Waals surface area contributed by atoms with Crippen molar-refractivity contribution in [2.45, 2.75) is 58.3 Å². The van der Waals surface area contributed by atoms with Gasteiger partial charge in [-0.3, -0.25) is 24.0 Å². The summed E-state index contributed by atoms with van der Waals surface area (Å²) in [4.78, 5) is 72.6. The van der Waals surface area contributed by atoms with Crippen LogP contribution in [0.5, 0.6) is 0 Å². The van der Waals surface area contributed by atoms with Crippen LogP contribution in [0, 0.1) is 0 Å². The topological polar surface area (TPSA) is 174 Å². The number of carbonyl (C=O) groups excluding carboxylic acids is 5. The third-order valence-corrected chi connectivity index (χ3v) is 5.15. The molecule has 0 spiro atoms. The summed E-state index contributed by atoms with van der Waals surface area (Å²) < 4.78 is 31.8. The van der Waals surface area contributed by atoms with Crippen molar-refractivity contribution in [3.05, 3.63) is 46.3 Å². The zero-order valence-electron chi connectivity index (χ0n) is 20.4. The molecule has 0 bridgehead atoms. The first-order valence-corrected chi connectivity index (χ1v) is 11.1. The molecule has 0 radical (unpaired) electrons.